The van der Waals surface area contributed by atoms with Gasteiger partial charge in [-0.3, -0.25) is 0 Å². The number of carboxylic acids is 1. The van der Waals surface area contributed by atoms with Crippen molar-refractivity contribution in [1.82, 2.24) is 0 Å². The van der Waals surface area contributed by atoms with Crippen LogP contribution in [0.1, 0.15) is 23.7 Å². The second kappa shape index (κ2) is 5.88. The highest BCUT2D eigenvalue weighted by atomic mass is 19.1. The molecule has 0 aliphatic carbocycles. The number of aromatic carboxylic acids is 1. The Kier molecular flexibility index (Phi) is 4.20. The lowest BCUT2D eigenvalue weighted by Gasteiger charge is -2.17. The van der Waals surface area contributed by atoms with E-state index in [2.05, 4.69) is 0 Å². The normalized spacial score (nSPS) is 12.3. The van der Waals surface area contributed by atoms with Crippen LogP contribution in [0.2, 0.25) is 0 Å². The molecule has 0 amide bonds. The average molecular weight is 277 g/mol. The van der Waals surface area contributed by atoms with Crippen LogP contribution in [-0.2, 0) is 0 Å². The minimum atomic E-state index is -1.16. The summed E-state index contributed by atoms with van der Waals surface area (Å²) in [5, 5.41) is 10.1. The number of carboxylic acid groups (broad SMARTS) is 1. The van der Waals surface area contributed by atoms with E-state index in [0.29, 0.717) is 11.8 Å². The van der Waals surface area contributed by atoms with Gasteiger partial charge in [0.2, 0.25) is 0 Å². The minimum absolute atomic E-state index is 0.0606. The highest BCUT2D eigenvalue weighted by molar-refractivity contribution is 5.97. The van der Waals surface area contributed by atoms with Crippen LogP contribution in [0.15, 0.2) is 30.3 Å². The number of carbonyl (C=O) groups is 1. The summed E-state index contributed by atoms with van der Waals surface area (Å²) < 4.78 is 19.3. The van der Waals surface area contributed by atoms with Gasteiger partial charge in [-0.05, 0) is 30.0 Å². The molecule has 0 spiro atoms. The van der Waals surface area contributed by atoms with E-state index in [4.69, 9.17) is 10.5 Å². The summed E-state index contributed by atoms with van der Waals surface area (Å²) in [5.41, 5.74) is 5.50. The van der Waals surface area contributed by atoms with Gasteiger partial charge in [0.15, 0.2) is 0 Å². The Hall–Kier alpha value is -2.14. The predicted molar refractivity (Wildman–Crippen MR) is 74.6 cm³/mol. The molecule has 5 heteroatoms. The first-order valence-electron chi connectivity index (χ1n) is 6.39. The quantitative estimate of drug-likeness (QED) is 0.881. The Morgan fingerprint density at radius 1 is 1.45 bits per heavy atom. The average Bonchev–Trinajstić information content (AvgIpc) is 2.44. The summed E-state index contributed by atoms with van der Waals surface area (Å²) in [6.07, 6.45) is 0.399. The monoisotopic (exact) mass is 277 g/mol. The maximum Gasteiger partial charge on any atom is 0.339 e. The van der Waals surface area contributed by atoms with E-state index >= 15 is 0 Å². The molecular weight excluding hydrogens is 261 g/mol. The van der Waals surface area contributed by atoms with Crippen molar-refractivity contribution in [3.63, 3.8) is 0 Å². The summed E-state index contributed by atoms with van der Waals surface area (Å²) in [4.78, 5) is 11.3. The highest BCUT2D eigenvalue weighted by Crippen LogP contribution is 2.28. The third kappa shape index (κ3) is 2.72. The summed E-state index contributed by atoms with van der Waals surface area (Å²) in [5.74, 6) is -1.40. The zero-order valence-corrected chi connectivity index (χ0v) is 11.1. The SMILES string of the molecule is CCC(CN)Oc1cc2cccc(F)c2cc1C(=O)O. The molecule has 2 aromatic carbocycles. The maximum absolute atomic E-state index is 13.7. The Bertz CT molecular complexity index is 638. The Labute approximate surface area is 116 Å². The molecule has 0 heterocycles. The van der Waals surface area contributed by atoms with Gasteiger partial charge in [0.1, 0.15) is 23.2 Å². The van der Waals surface area contributed by atoms with E-state index in [-0.39, 0.29) is 29.3 Å². The predicted octanol–water partition coefficient (Wildman–Crippen LogP) is 2.79. The molecule has 0 aliphatic heterocycles. The number of fused-ring (bicyclic) bond motifs is 1. The number of hydrogen-bond donors (Lipinski definition) is 2. The van der Waals surface area contributed by atoms with Crippen molar-refractivity contribution in [3.05, 3.63) is 41.7 Å². The molecule has 0 bridgehead atoms. The van der Waals surface area contributed by atoms with Crippen molar-refractivity contribution >= 4 is 16.7 Å². The summed E-state index contributed by atoms with van der Waals surface area (Å²) in [7, 11) is 0. The topological polar surface area (TPSA) is 72.5 Å². The highest BCUT2D eigenvalue weighted by Gasteiger charge is 2.17. The van der Waals surface area contributed by atoms with Crippen LogP contribution in [0.5, 0.6) is 5.75 Å². The van der Waals surface area contributed by atoms with E-state index in [1.54, 1.807) is 18.2 Å². The molecule has 0 radical (unpaired) electrons. The second-order valence-corrected chi connectivity index (χ2v) is 4.50. The van der Waals surface area contributed by atoms with Gasteiger partial charge < -0.3 is 15.6 Å². The molecule has 2 aromatic rings. The molecule has 3 N–H and O–H groups in total. The number of hydrogen-bond acceptors (Lipinski definition) is 3. The molecule has 0 aliphatic rings. The van der Waals surface area contributed by atoms with Crippen LogP contribution < -0.4 is 10.5 Å². The van der Waals surface area contributed by atoms with Gasteiger partial charge in [-0.15, -0.1) is 0 Å². The number of benzene rings is 2. The molecule has 2 rings (SSSR count). The van der Waals surface area contributed by atoms with Crippen LogP contribution >= 0.6 is 0 Å². The lowest BCUT2D eigenvalue weighted by Crippen LogP contribution is -2.26. The third-order valence-corrected chi connectivity index (χ3v) is 3.17. The molecule has 0 fully saturated rings. The Balaban J connectivity index is 2.57. The van der Waals surface area contributed by atoms with E-state index in [1.165, 1.54) is 12.1 Å². The van der Waals surface area contributed by atoms with Gasteiger partial charge in [-0.1, -0.05) is 19.1 Å². The fraction of sp³-hybridized carbons (Fsp3) is 0.267. The van der Waals surface area contributed by atoms with Crippen LogP contribution in [0.3, 0.4) is 0 Å². The standard InChI is InChI=1S/C15H16FNO3/c1-2-10(8-17)20-14-6-9-4-3-5-13(16)11(9)7-12(14)15(18)19/h3-7,10H,2,8,17H2,1H3,(H,18,19). The Morgan fingerprint density at radius 3 is 2.80 bits per heavy atom. The van der Waals surface area contributed by atoms with Crippen LogP contribution in [0.4, 0.5) is 4.39 Å². The van der Waals surface area contributed by atoms with Gasteiger partial charge >= 0.3 is 5.97 Å². The number of ether oxygens (including phenoxy) is 1. The van der Waals surface area contributed by atoms with Crippen molar-refractivity contribution in [2.45, 2.75) is 19.4 Å². The largest absolute Gasteiger partial charge is 0.488 e. The molecule has 1 unspecified atom stereocenters. The van der Waals surface area contributed by atoms with Crippen LogP contribution in [0.25, 0.3) is 10.8 Å². The van der Waals surface area contributed by atoms with Crippen molar-refractivity contribution in [2.75, 3.05) is 6.54 Å². The molecule has 20 heavy (non-hydrogen) atoms. The summed E-state index contributed by atoms with van der Waals surface area (Å²) in [6, 6.07) is 7.41. The minimum Gasteiger partial charge on any atom is -0.488 e. The van der Waals surface area contributed by atoms with E-state index in [1.807, 2.05) is 6.92 Å². The zero-order chi connectivity index (χ0) is 14.7. The molecule has 0 aromatic heterocycles. The summed E-state index contributed by atoms with van der Waals surface area (Å²) in [6.45, 7) is 2.19. The third-order valence-electron chi connectivity index (χ3n) is 3.17. The maximum atomic E-state index is 13.7. The first kappa shape index (κ1) is 14.3. The van der Waals surface area contributed by atoms with E-state index in [9.17, 15) is 14.3 Å². The van der Waals surface area contributed by atoms with Gasteiger partial charge in [-0.25, -0.2) is 9.18 Å². The Morgan fingerprint density at radius 2 is 2.20 bits per heavy atom. The van der Waals surface area contributed by atoms with Crippen molar-refractivity contribution in [1.29, 1.82) is 0 Å². The van der Waals surface area contributed by atoms with Gasteiger partial charge in [0.25, 0.3) is 0 Å². The lowest BCUT2D eigenvalue weighted by molar-refractivity contribution is 0.0689. The van der Waals surface area contributed by atoms with Gasteiger partial charge in [0.05, 0.1) is 0 Å². The lowest BCUT2D eigenvalue weighted by atomic mass is 10.1. The van der Waals surface area contributed by atoms with Gasteiger partial charge in [0, 0.05) is 11.9 Å². The molecule has 0 saturated heterocycles. The number of halogens is 1. The zero-order valence-electron chi connectivity index (χ0n) is 11.1. The molecular formula is C15H16FNO3. The van der Waals surface area contributed by atoms with Crippen LogP contribution in [-0.4, -0.2) is 23.7 Å². The molecule has 0 saturated carbocycles. The van der Waals surface area contributed by atoms with Crippen molar-refractivity contribution < 1.29 is 19.0 Å². The first-order chi connectivity index (χ1) is 9.56. The molecule has 4 nitrogen and oxygen atoms in total. The molecule has 106 valence electrons. The number of nitrogens with two attached hydrogens (primary N) is 1. The fourth-order valence-electron chi connectivity index (χ4n) is 2.01. The van der Waals surface area contributed by atoms with Gasteiger partial charge in [-0.2, -0.15) is 0 Å². The second-order valence-electron chi connectivity index (χ2n) is 4.50. The molecule has 1 atom stereocenters. The fourth-order valence-corrected chi connectivity index (χ4v) is 2.01. The number of rotatable bonds is 5. The first-order valence-corrected chi connectivity index (χ1v) is 6.39. The van der Waals surface area contributed by atoms with Crippen molar-refractivity contribution in [2.24, 2.45) is 5.73 Å². The summed E-state index contributed by atoms with van der Waals surface area (Å²) >= 11 is 0. The van der Waals surface area contributed by atoms with E-state index in [0.717, 1.165) is 0 Å². The smallest absolute Gasteiger partial charge is 0.339 e. The van der Waals surface area contributed by atoms with Crippen molar-refractivity contribution in [3.8, 4) is 5.75 Å². The van der Waals surface area contributed by atoms with Crippen LogP contribution in [0, 0.1) is 5.82 Å². The van der Waals surface area contributed by atoms with E-state index < -0.39 is 11.8 Å².